The summed E-state index contributed by atoms with van der Waals surface area (Å²) in [5, 5.41) is 8.71. The Kier molecular flexibility index (Phi) is 2.94. The molecule has 1 aromatic rings. The smallest absolute Gasteiger partial charge is 0.160 e. The van der Waals surface area contributed by atoms with Crippen LogP contribution in [-0.4, -0.2) is 35.9 Å². The second-order valence-corrected chi connectivity index (χ2v) is 6.46. The van der Waals surface area contributed by atoms with Gasteiger partial charge in [-0.2, -0.15) is 0 Å². The fourth-order valence-electron chi connectivity index (χ4n) is 3.13. The van der Waals surface area contributed by atoms with Crippen LogP contribution in [0.3, 0.4) is 0 Å². The maximum Gasteiger partial charge on any atom is 0.160 e. The molecule has 1 N–H and O–H groups in total. The van der Waals surface area contributed by atoms with Gasteiger partial charge in [0.25, 0.3) is 0 Å². The largest absolute Gasteiger partial charge is 0.358 e. The van der Waals surface area contributed by atoms with E-state index in [4.69, 9.17) is 21.7 Å². The van der Waals surface area contributed by atoms with Gasteiger partial charge in [0.2, 0.25) is 0 Å². The van der Waals surface area contributed by atoms with E-state index >= 15 is 0 Å². The van der Waals surface area contributed by atoms with Crippen molar-refractivity contribution in [3.05, 3.63) is 34.3 Å². The van der Waals surface area contributed by atoms with Gasteiger partial charge in [0.05, 0.1) is 10.6 Å². The van der Waals surface area contributed by atoms with E-state index in [0.717, 1.165) is 11.4 Å². The standard InChI is InChI=1S/C13H15ClN2OS/c1-16-12(7-15)18-11-6-8-5-9(14)3-4-10(8)13(11,16)17-2/h3-5,7,11-12,15H,6H2,1-2H3. The molecular formula is C13H15ClN2OS. The van der Waals surface area contributed by atoms with E-state index in [0.29, 0.717) is 5.25 Å². The van der Waals surface area contributed by atoms with Crippen molar-refractivity contribution in [3.63, 3.8) is 0 Å². The lowest BCUT2D eigenvalue weighted by atomic mass is 10.0. The van der Waals surface area contributed by atoms with Crippen LogP contribution in [0.2, 0.25) is 5.02 Å². The number of nitrogens with zero attached hydrogens (tertiary/aromatic N) is 1. The van der Waals surface area contributed by atoms with Gasteiger partial charge in [0.1, 0.15) is 0 Å². The summed E-state index contributed by atoms with van der Waals surface area (Å²) >= 11 is 7.85. The first kappa shape index (κ1) is 12.5. The van der Waals surface area contributed by atoms with Gasteiger partial charge in [0.15, 0.2) is 5.72 Å². The van der Waals surface area contributed by atoms with Gasteiger partial charge in [-0.3, -0.25) is 4.90 Å². The monoisotopic (exact) mass is 282 g/mol. The summed E-state index contributed by atoms with van der Waals surface area (Å²) in [5.74, 6) is 0. The SMILES string of the molecule is COC12c3ccc(Cl)cc3CC1SC(C=N)N2C. The van der Waals surface area contributed by atoms with Gasteiger partial charge in [-0.25, -0.2) is 0 Å². The Morgan fingerprint density at radius 3 is 3.06 bits per heavy atom. The summed E-state index contributed by atoms with van der Waals surface area (Å²) < 4.78 is 5.89. The van der Waals surface area contributed by atoms with Crippen molar-refractivity contribution >= 4 is 29.6 Å². The number of ether oxygens (including phenoxy) is 1. The molecule has 1 aromatic carbocycles. The fourth-order valence-corrected chi connectivity index (χ4v) is 4.93. The zero-order valence-corrected chi connectivity index (χ0v) is 11.9. The van der Waals surface area contributed by atoms with Crippen molar-refractivity contribution in [2.24, 2.45) is 0 Å². The van der Waals surface area contributed by atoms with E-state index in [-0.39, 0.29) is 5.37 Å². The molecule has 1 fully saturated rings. The van der Waals surface area contributed by atoms with Gasteiger partial charge in [0, 0.05) is 23.9 Å². The van der Waals surface area contributed by atoms with E-state index in [1.165, 1.54) is 17.3 Å². The predicted octanol–water partition coefficient (Wildman–Crippen LogP) is 2.72. The summed E-state index contributed by atoms with van der Waals surface area (Å²) in [6.07, 6.45) is 2.43. The molecule has 3 unspecified atom stereocenters. The Balaban J connectivity index is 2.14. The molecule has 0 bridgehead atoms. The highest BCUT2D eigenvalue weighted by Gasteiger charge is 2.57. The lowest BCUT2D eigenvalue weighted by Crippen LogP contribution is -2.47. The van der Waals surface area contributed by atoms with Crippen molar-refractivity contribution in [2.75, 3.05) is 14.2 Å². The molecule has 96 valence electrons. The highest BCUT2D eigenvalue weighted by molar-refractivity contribution is 8.01. The summed E-state index contributed by atoms with van der Waals surface area (Å²) in [6.45, 7) is 0. The van der Waals surface area contributed by atoms with Gasteiger partial charge in [-0.1, -0.05) is 17.7 Å². The van der Waals surface area contributed by atoms with Crippen LogP contribution in [-0.2, 0) is 16.9 Å². The highest BCUT2D eigenvalue weighted by Crippen LogP contribution is 2.54. The van der Waals surface area contributed by atoms with E-state index in [1.54, 1.807) is 18.9 Å². The molecule has 1 saturated heterocycles. The predicted molar refractivity (Wildman–Crippen MR) is 75.6 cm³/mol. The lowest BCUT2D eigenvalue weighted by molar-refractivity contribution is -0.114. The van der Waals surface area contributed by atoms with Gasteiger partial charge in [-0.05, 0) is 31.2 Å². The number of hydrogen-bond acceptors (Lipinski definition) is 4. The topological polar surface area (TPSA) is 36.3 Å². The normalized spacial score (nSPS) is 34.4. The maximum absolute atomic E-state index is 7.53. The van der Waals surface area contributed by atoms with Crippen LogP contribution in [0.1, 0.15) is 11.1 Å². The second-order valence-electron chi connectivity index (χ2n) is 4.70. The molecule has 1 heterocycles. The van der Waals surface area contributed by atoms with E-state index in [2.05, 4.69) is 11.0 Å². The van der Waals surface area contributed by atoms with Crippen molar-refractivity contribution in [3.8, 4) is 0 Å². The molecule has 5 heteroatoms. The van der Waals surface area contributed by atoms with Crippen LogP contribution < -0.4 is 0 Å². The lowest BCUT2D eigenvalue weighted by Gasteiger charge is -2.36. The summed E-state index contributed by atoms with van der Waals surface area (Å²) in [4.78, 5) is 2.15. The molecule has 1 aliphatic heterocycles. The van der Waals surface area contributed by atoms with Crippen LogP contribution in [0.4, 0.5) is 0 Å². The quantitative estimate of drug-likeness (QED) is 0.848. The van der Waals surface area contributed by atoms with Crippen molar-refractivity contribution in [1.82, 2.24) is 4.90 Å². The first-order valence-corrected chi connectivity index (χ1v) is 7.18. The highest BCUT2D eigenvalue weighted by atomic mass is 35.5. The molecule has 2 aliphatic rings. The van der Waals surface area contributed by atoms with Gasteiger partial charge >= 0.3 is 0 Å². The zero-order chi connectivity index (χ0) is 12.9. The number of thioether (sulfide) groups is 1. The summed E-state index contributed by atoms with van der Waals surface area (Å²) in [5.41, 5.74) is 2.04. The fraction of sp³-hybridized carbons (Fsp3) is 0.462. The molecule has 1 aliphatic carbocycles. The third kappa shape index (κ3) is 1.43. The summed E-state index contributed by atoms with van der Waals surface area (Å²) in [7, 11) is 3.77. The molecule has 18 heavy (non-hydrogen) atoms. The molecule has 0 spiro atoms. The van der Waals surface area contributed by atoms with Crippen LogP contribution in [0.15, 0.2) is 18.2 Å². The molecular weight excluding hydrogens is 268 g/mol. The second kappa shape index (κ2) is 4.23. The molecule has 0 amide bonds. The van der Waals surface area contributed by atoms with Crippen molar-refractivity contribution in [2.45, 2.75) is 22.8 Å². The third-order valence-electron chi connectivity index (χ3n) is 3.96. The first-order valence-electron chi connectivity index (χ1n) is 5.86. The van der Waals surface area contributed by atoms with Crippen molar-refractivity contribution < 1.29 is 4.74 Å². The Hall–Kier alpha value is -0.550. The number of nitrogens with one attached hydrogen (secondary N) is 1. The molecule has 3 rings (SSSR count). The average molecular weight is 283 g/mol. The van der Waals surface area contributed by atoms with E-state index in [9.17, 15) is 0 Å². The number of benzene rings is 1. The van der Waals surface area contributed by atoms with Crippen LogP contribution in [0, 0.1) is 5.41 Å². The Morgan fingerprint density at radius 1 is 1.61 bits per heavy atom. The first-order chi connectivity index (χ1) is 8.63. The van der Waals surface area contributed by atoms with Crippen LogP contribution in [0.25, 0.3) is 0 Å². The minimum absolute atomic E-state index is 0.0822. The third-order valence-corrected chi connectivity index (χ3v) is 5.74. The van der Waals surface area contributed by atoms with Crippen molar-refractivity contribution in [1.29, 1.82) is 5.41 Å². The minimum atomic E-state index is -0.410. The Bertz CT molecular complexity index is 510. The number of hydrogen-bond donors (Lipinski definition) is 1. The van der Waals surface area contributed by atoms with Crippen LogP contribution in [0.5, 0.6) is 0 Å². The van der Waals surface area contributed by atoms with E-state index in [1.807, 2.05) is 19.2 Å². The molecule has 0 saturated carbocycles. The Labute approximate surface area is 116 Å². The maximum atomic E-state index is 7.53. The average Bonchev–Trinajstić information content (AvgIpc) is 2.81. The summed E-state index contributed by atoms with van der Waals surface area (Å²) in [6, 6.07) is 6.01. The molecule has 0 radical (unpaired) electrons. The zero-order valence-electron chi connectivity index (χ0n) is 10.3. The number of rotatable bonds is 2. The number of halogens is 1. The van der Waals surface area contributed by atoms with E-state index < -0.39 is 5.72 Å². The molecule has 0 aromatic heterocycles. The Morgan fingerprint density at radius 2 is 2.39 bits per heavy atom. The number of methoxy groups -OCH3 is 1. The molecule has 3 nitrogen and oxygen atoms in total. The van der Waals surface area contributed by atoms with Gasteiger partial charge < -0.3 is 10.1 Å². The minimum Gasteiger partial charge on any atom is -0.358 e. The molecule has 3 atom stereocenters. The van der Waals surface area contributed by atoms with Gasteiger partial charge in [-0.15, -0.1) is 11.8 Å². The number of fused-ring (bicyclic) bond motifs is 3. The van der Waals surface area contributed by atoms with Crippen LogP contribution >= 0.6 is 23.4 Å².